The zero-order chi connectivity index (χ0) is 14.3. The van der Waals surface area contributed by atoms with Crippen molar-refractivity contribution in [3.63, 3.8) is 0 Å². The Kier molecular flexibility index (Phi) is 6.22. The van der Waals surface area contributed by atoms with E-state index in [9.17, 15) is 9.59 Å². The smallest absolute Gasteiger partial charge is 0.306 e. The van der Waals surface area contributed by atoms with Crippen LogP contribution in [0.15, 0.2) is 30.3 Å². The summed E-state index contributed by atoms with van der Waals surface area (Å²) in [5.41, 5.74) is 6.66. The van der Waals surface area contributed by atoms with E-state index in [1.54, 1.807) is 13.8 Å². The minimum absolute atomic E-state index is 0.0177. The third kappa shape index (κ3) is 5.66. The van der Waals surface area contributed by atoms with Gasteiger partial charge >= 0.3 is 5.97 Å². The van der Waals surface area contributed by atoms with Crippen LogP contribution in [-0.4, -0.2) is 17.8 Å². The fraction of sp³-hybridized carbons (Fsp3) is 0.467. The van der Waals surface area contributed by atoms with Gasteiger partial charge in [0.25, 0.3) is 0 Å². The summed E-state index contributed by atoms with van der Waals surface area (Å²) in [6, 6.07) is 8.88. The number of ether oxygens (including phenoxy) is 1. The number of ketones is 1. The van der Waals surface area contributed by atoms with E-state index in [4.69, 9.17) is 10.5 Å². The molecule has 0 saturated heterocycles. The zero-order valence-electron chi connectivity index (χ0n) is 11.5. The van der Waals surface area contributed by atoms with Gasteiger partial charge in [0.1, 0.15) is 6.61 Å². The first-order chi connectivity index (χ1) is 9.00. The van der Waals surface area contributed by atoms with Gasteiger partial charge in [-0.2, -0.15) is 0 Å². The molecule has 19 heavy (non-hydrogen) atoms. The molecule has 4 nitrogen and oxygen atoms in total. The average Bonchev–Trinajstić information content (AvgIpc) is 2.42. The number of hydrogen-bond donors (Lipinski definition) is 1. The van der Waals surface area contributed by atoms with Crippen molar-refractivity contribution in [1.29, 1.82) is 0 Å². The Bertz CT molecular complexity index is 415. The molecule has 0 amide bonds. The average molecular weight is 263 g/mol. The molecule has 0 aromatic heterocycles. The molecule has 0 radical (unpaired) electrons. The van der Waals surface area contributed by atoms with E-state index >= 15 is 0 Å². The molecule has 0 aliphatic heterocycles. The topological polar surface area (TPSA) is 69.4 Å². The van der Waals surface area contributed by atoms with Crippen molar-refractivity contribution in [3.05, 3.63) is 35.9 Å². The highest BCUT2D eigenvalue weighted by Crippen LogP contribution is 2.06. The van der Waals surface area contributed by atoms with Crippen LogP contribution in [0.25, 0.3) is 0 Å². The normalized spacial score (nSPS) is 12.2. The minimum atomic E-state index is -0.579. The molecule has 0 fully saturated rings. The van der Waals surface area contributed by atoms with Gasteiger partial charge in [0.2, 0.25) is 0 Å². The highest BCUT2D eigenvalue weighted by molar-refractivity contribution is 5.85. The van der Waals surface area contributed by atoms with E-state index in [-0.39, 0.29) is 30.7 Å². The first-order valence-electron chi connectivity index (χ1n) is 6.49. The Hall–Kier alpha value is -1.68. The Morgan fingerprint density at radius 3 is 2.42 bits per heavy atom. The highest BCUT2D eigenvalue weighted by Gasteiger charge is 2.18. The fourth-order valence-corrected chi connectivity index (χ4v) is 1.65. The summed E-state index contributed by atoms with van der Waals surface area (Å²) in [6.07, 6.45) is 0.511. The van der Waals surface area contributed by atoms with Gasteiger partial charge in [0.05, 0.1) is 6.04 Å². The van der Waals surface area contributed by atoms with Crippen LogP contribution in [-0.2, 0) is 20.9 Å². The van der Waals surface area contributed by atoms with Crippen molar-refractivity contribution in [1.82, 2.24) is 0 Å². The summed E-state index contributed by atoms with van der Waals surface area (Å²) < 4.78 is 5.11. The minimum Gasteiger partial charge on any atom is -0.461 e. The molecule has 104 valence electrons. The molecule has 4 heteroatoms. The molecule has 0 spiro atoms. The summed E-state index contributed by atoms with van der Waals surface area (Å²) in [7, 11) is 0. The maximum atomic E-state index is 11.6. The van der Waals surface area contributed by atoms with Crippen LogP contribution in [0.4, 0.5) is 0 Å². The Morgan fingerprint density at radius 1 is 1.21 bits per heavy atom. The van der Waals surface area contributed by atoms with Crippen LogP contribution >= 0.6 is 0 Å². The molecule has 0 saturated carbocycles. The van der Waals surface area contributed by atoms with Crippen LogP contribution < -0.4 is 5.73 Å². The van der Waals surface area contributed by atoms with E-state index < -0.39 is 6.04 Å². The molecule has 0 unspecified atom stereocenters. The monoisotopic (exact) mass is 263 g/mol. The Morgan fingerprint density at radius 2 is 1.84 bits per heavy atom. The number of carbonyl (C=O) groups excluding carboxylic acids is 2. The van der Waals surface area contributed by atoms with Crippen LogP contribution in [0.5, 0.6) is 0 Å². The second-order valence-electron chi connectivity index (χ2n) is 4.85. The summed E-state index contributed by atoms with van der Waals surface area (Å²) in [5, 5.41) is 0. The van der Waals surface area contributed by atoms with Crippen molar-refractivity contribution < 1.29 is 14.3 Å². The molecule has 0 aliphatic rings. The standard InChI is InChI=1S/C15H21NO3/c1-11(2)15(18)13(16)8-9-14(17)19-10-12-6-4-3-5-7-12/h3-7,11,13H,8-10,16H2,1-2H3/t13-/m0/s1. The highest BCUT2D eigenvalue weighted by atomic mass is 16.5. The van der Waals surface area contributed by atoms with Crippen molar-refractivity contribution in [2.75, 3.05) is 0 Å². The predicted octanol–water partition coefficient (Wildman–Crippen LogP) is 2.06. The number of benzene rings is 1. The van der Waals surface area contributed by atoms with Gasteiger partial charge in [-0.05, 0) is 12.0 Å². The van der Waals surface area contributed by atoms with Crippen LogP contribution in [0.3, 0.4) is 0 Å². The van der Waals surface area contributed by atoms with Crippen molar-refractivity contribution in [2.45, 2.75) is 39.3 Å². The van der Waals surface area contributed by atoms with Gasteiger partial charge in [0, 0.05) is 12.3 Å². The van der Waals surface area contributed by atoms with E-state index in [1.807, 2.05) is 30.3 Å². The molecule has 0 bridgehead atoms. The number of esters is 1. The lowest BCUT2D eigenvalue weighted by Gasteiger charge is -2.12. The van der Waals surface area contributed by atoms with Gasteiger partial charge < -0.3 is 10.5 Å². The molecule has 2 N–H and O–H groups in total. The predicted molar refractivity (Wildman–Crippen MR) is 73.3 cm³/mol. The van der Waals surface area contributed by atoms with Crippen molar-refractivity contribution in [2.24, 2.45) is 11.7 Å². The third-order valence-corrected chi connectivity index (χ3v) is 2.84. The van der Waals surface area contributed by atoms with E-state index in [1.165, 1.54) is 0 Å². The zero-order valence-corrected chi connectivity index (χ0v) is 11.5. The van der Waals surface area contributed by atoms with E-state index in [0.29, 0.717) is 6.42 Å². The van der Waals surface area contributed by atoms with Gasteiger partial charge in [0.15, 0.2) is 5.78 Å². The van der Waals surface area contributed by atoms with E-state index in [0.717, 1.165) is 5.56 Å². The molecule has 1 aromatic carbocycles. The van der Waals surface area contributed by atoms with Crippen LogP contribution in [0.2, 0.25) is 0 Å². The SMILES string of the molecule is CC(C)C(=O)[C@@H](N)CCC(=O)OCc1ccccc1. The van der Waals surface area contributed by atoms with Gasteiger partial charge in [-0.1, -0.05) is 44.2 Å². The number of nitrogens with two attached hydrogens (primary N) is 1. The Labute approximate surface area is 113 Å². The quantitative estimate of drug-likeness (QED) is 0.764. The van der Waals surface area contributed by atoms with Gasteiger partial charge in [-0.3, -0.25) is 9.59 Å². The lowest BCUT2D eigenvalue weighted by molar-refractivity contribution is -0.145. The molecule has 1 atom stereocenters. The molecule has 0 heterocycles. The molecule has 1 rings (SSSR count). The van der Waals surface area contributed by atoms with Gasteiger partial charge in [-0.25, -0.2) is 0 Å². The summed E-state index contributed by atoms with van der Waals surface area (Å²) in [5.74, 6) is -0.443. The molecule has 0 aliphatic carbocycles. The second-order valence-corrected chi connectivity index (χ2v) is 4.85. The van der Waals surface area contributed by atoms with Crippen molar-refractivity contribution >= 4 is 11.8 Å². The number of Topliss-reactive ketones (excluding diaryl/α,β-unsaturated/α-hetero) is 1. The summed E-state index contributed by atoms with van der Waals surface area (Å²) >= 11 is 0. The number of rotatable bonds is 7. The fourth-order valence-electron chi connectivity index (χ4n) is 1.65. The number of hydrogen-bond acceptors (Lipinski definition) is 4. The van der Waals surface area contributed by atoms with Crippen LogP contribution in [0, 0.1) is 5.92 Å². The maximum Gasteiger partial charge on any atom is 0.306 e. The molecular weight excluding hydrogens is 242 g/mol. The first kappa shape index (κ1) is 15.4. The first-order valence-corrected chi connectivity index (χ1v) is 6.49. The largest absolute Gasteiger partial charge is 0.461 e. The number of carbonyl (C=O) groups is 2. The summed E-state index contributed by atoms with van der Waals surface area (Å²) in [6.45, 7) is 3.86. The lowest BCUT2D eigenvalue weighted by atomic mass is 9.99. The lowest BCUT2D eigenvalue weighted by Crippen LogP contribution is -2.34. The maximum absolute atomic E-state index is 11.6. The molecular formula is C15H21NO3. The van der Waals surface area contributed by atoms with Crippen molar-refractivity contribution in [3.8, 4) is 0 Å². The van der Waals surface area contributed by atoms with Gasteiger partial charge in [-0.15, -0.1) is 0 Å². The second kappa shape index (κ2) is 7.69. The Balaban J connectivity index is 2.27. The van der Waals surface area contributed by atoms with Crippen LogP contribution in [0.1, 0.15) is 32.3 Å². The third-order valence-electron chi connectivity index (χ3n) is 2.84. The molecule has 1 aromatic rings. The summed E-state index contributed by atoms with van der Waals surface area (Å²) in [4.78, 5) is 23.1. The van der Waals surface area contributed by atoms with E-state index in [2.05, 4.69) is 0 Å².